The zero-order chi connectivity index (χ0) is 22.3. The predicted octanol–water partition coefficient (Wildman–Crippen LogP) is 5.53. The van der Waals surface area contributed by atoms with Crippen molar-refractivity contribution < 1.29 is 4.79 Å². The van der Waals surface area contributed by atoms with Crippen molar-refractivity contribution in [1.29, 1.82) is 0 Å². The minimum absolute atomic E-state index is 0.0656. The molecule has 0 radical (unpaired) electrons. The second kappa shape index (κ2) is 10.8. The molecule has 0 atom stereocenters. The first-order valence-corrected chi connectivity index (χ1v) is 13.2. The van der Waals surface area contributed by atoms with Crippen molar-refractivity contribution in [1.82, 2.24) is 19.7 Å². The Morgan fingerprint density at radius 3 is 2.47 bits per heavy atom. The predicted molar refractivity (Wildman–Crippen MR) is 134 cm³/mol. The molecule has 0 fully saturated rings. The monoisotopic (exact) mass is 480 g/mol. The lowest BCUT2D eigenvalue weighted by atomic mass is 10.2. The Morgan fingerprint density at radius 1 is 1.00 bits per heavy atom. The highest BCUT2D eigenvalue weighted by atomic mass is 32.2. The van der Waals surface area contributed by atoms with Crippen LogP contribution >= 0.6 is 34.9 Å². The maximum Gasteiger partial charge on any atom is 0.233 e. The van der Waals surface area contributed by atoms with Gasteiger partial charge < -0.3 is 4.90 Å². The number of rotatable bonds is 9. The number of carbonyl (C=O) groups is 1. The van der Waals surface area contributed by atoms with E-state index in [2.05, 4.69) is 57.4 Å². The van der Waals surface area contributed by atoms with E-state index in [9.17, 15) is 4.79 Å². The maximum atomic E-state index is 12.8. The van der Waals surface area contributed by atoms with Crippen LogP contribution in [0, 0.1) is 0 Å². The fourth-order valence-electron chi connectivity index (χ4n) is 3.22. The number of amides is 1. The third-order valence-corrected chi connectivity index (χ3v) is 7.53. The molecule has 2 heterocycles. The summed E-state index contributed by atoms with van der Waals surface area (Å²) in [5, 5.41) is 11.6. The van der Waals surface area contributed by atoms with Crippen LogP contribution in [0.5, 0.6) is 0 Å². The molecule has 32 heavy (non-hydrogen) atoms. The van der Waals surface area contributed by atoms with Gasteiger partial charge in [0, 0.05) is 18.5 Å². The summed E-state index contributed by atoms with van der Waals surface area (Å²) in [7, 11) is 1.84. The average Bonchev–Trinajstić information content (AvgIpc) is 3.49. The molecule has 0 aliphatic heterocycles. The summed E-state index contributed by atoms with van der Waals surface area (Å²) in [6.45, 7) is 1.25. The van der Waals surface area contributed by atoms with Crippen molar-refractivity contribution in [2.24, 2.45) is 0 Å². The van der Waals surface area contributed by atoms with Gasteiger partial charge >= 0.3 is 0 Å². The fraction of sp³-hybridized carbons (Fsp3) is 0.208. The molecule has 4 rings (SSSR count). The third kappa shape index (κ3) is 5.62. The van der Waals surface area contributed by atoms with Crippen molar-refractivity contribution in [2.45, 2.75) is 23.1 Å². The largest absolute Gasteiger partial charge is 0.341 e. The number of thioether (sulfide) groups is 2. The van der Waals surface area contributed by atoms with E-state index >= 15 is 0 Å². The highest BCUT2D eigenvalue weighted by Crippen LogP contribution is 2.28. The van der Waals surface area contributed by atoms with Crippen LogP contribution in [0.15, 0.2) is 82.2 Å². The van der Waals surface area contributed by atoms with Crippen LogP contribution in [0.25, 0.3) is 10.7 Å². The van der Waals surface area contributed by atoms with E-state index in [1.54, 1.807) is 28.0 Å². The van der Waals surface area contributed by atoms with Crippen LogP contribution in [-0.2, 0) is 17.9 Å². The van der Waals surface area contributed by atoms with Gasteiger partial charge in [-0.25, -0.2) is 0 Å². The molecule has 8 heteroatoms. The first kappa shape index (κ1) is 22.6. The normalized spacial score (nSPS) is 10.9. The molecule has 0 bridgehead atoms. The number of nitrogens with zero attached hydrogens (tertiary/aromatic N) is 4. The molecule has 4 aromatic rings. The molecule has 0 aliphatic rings. The number of carbonyl (C=O) groups excluding carboxylic acids is 1. The van der Waals surface area contributed by atoms with E-state index in [0.29, 0.717) is 18.8 Å². The highest BCUT2D eigenvalue weighted by Gasteiger charge is 2.18. The highest BCUT2D eigenvalue weighted by molar-refractivity contribution is 7.99. The summed E-state index contributed by atoms with van der Waals surface area (Å²) in [6.07, 6.45) is 2.06. The number of thiophene rings is 1. The van der Waals surface area contributed by atoms with Gasteiger partial charge in [0.25, 0.3) is 0 Å². The van der Waals surface area contributed by atoms with Gasteiger partial charge in [0.2, 0.25) is 5.91 Å². The molecule has 2 aromatic carbocycles. The number of hydrogen-bond donors (Lipinski definition) is 0. The Balaban J connectivity index is 1.45. The van der Waals surface area contributed by atoms with Crippen molar-refractivity contribution in [3.05, 3.63) is 83.2 Å². The van der Waals surface area contributed by atoms with E-state index in [1.807, 2.05) is 42.8 Å². The minimum Gasteiger partial charge on any atom is -0.341 e. The topological polar surface area (TPSA) is 51.0 Å². The van der Waals surface area contributed by atoms with Crippen LogP contribution in [0.4, 0.5) is 0 Å². The van der Waals surface area contributed by atoms with Gasteiger partial charge in [-0.2, -0.15) is 0 Å². The molecule has 5 nitrogen and oxygen atoms in total. The molecule has 0 unspecified atom stereocenters. The van der Waals surface area contributed by atoms with Gasteiger partial charge in [-0.15, -0.1) is 33.3 Å². The zero-order valence-electron chi connectivity index (χ0n) is 18.0. The van der Waals surface area contributed by atoms with E-state index in [4.69, 9.17) is 0 Å². The standard InChI is InChI=1S/C24H24N4OS3/c1-27(15-19-10-12-20(30-2)13-11-19)22(29)17-32-24-26-25-23(21-9-6-14-31-21)28(24)16-18-7-4-3-5-8-18/h3-14H,15-17H2,1-2H3. The SMILES string of the molecule is CSc1ccc(CN(C)C(=O)CSc2nnc(-c3cccs3)n2Cc2ccccc2)cc1. The first-order chi connectivity index (χ1) is 15.6. The van der Waals surface area contributed by atoms with Crippen LogP contribution in [0.3, 0.4) is 0 Å². The smallest absolute Gasteiger partial charge is 0.233 e. The molecule has 0 spiro atoms. The summed E-state index contributed by atoms with van der Waals surface area (Å²) in [4.78, 5) is 16.8. The molecule has 0 saturated heterocycles. The molecule has 0 aliphatic carbocycles. The Kier molecular flexibility index (Phi) is 7.68. The lowest BCUT2D eigenvalue weighted by molar-refractivity contribution is -0.127. The van der Waals surface area contributed by atoms with Gasteiger partial charge in [-0.05, 0) is 41.0 Å². The second-order valence-corrected chi connectivity index (χ2v) is 10.0. The fourth-order valence-corrected chi connectivity index (χ4v) is 5.23. The Bertz CT molecular complexity index is 1140. The number of hydrogen-bond acceptors (Lipinski definition) is 6. The quantitative estimate of drug-likeness (QED) is 0.295. The molecule has 0 saturated carbocycles. The van der Waals surface area contributed by atoms with Crippen LogP contribution in [-0.4, -0.2) is 44.6 Å². The summed E-state index contributed by atoms with van der Waals surface area (Å²) in [6, 6.07) is 22.6. The summed E-state index contributed by atoms with van der Waals surface area (Å²) in [5.41, 5.74) is 2.29. The van der Waals surface area contributed by atoms with Crippen molar-refractivity contribution in [2.75, 3.05) is 19.1 Å². The molecule has 0 N–H and O–H groups in total. The Hall–Kier alpha value is -2.55. The lowest BCUT2D eigenvalue weighted by Gasteiger charge is -2.17. The van der Waals surface area contributed by atoms with Crippen molar-refractivity contribution in [3.63, 3.8) is 0 Å². The van der Waals surface area contributed by atoms with Crippen molar-refractivity contribution in [3.8, 4) is 10.7 Å². The second-order valence-electron chi connectivity index (χ2n) is 7.24. The van der Waals surface area contributed by atoms with Gasteiger partial charge in [-0.1, -0.05) is 60.3 Å². The molecule has 2 aromatic heterocycles. The van der Waals surface area contributed by atoms with Gasteiger partial charge in [0.15, 0.2) is 11.0 Å². The molecular weight excluding hydrogens is 456 g/mol. The molecule has 1 amide bonds. The van der Waals surface area contributed by atoms with E-state index in [-0.39, 0.29) is 5.91 Å². The summed E-state index contributed by atoms with van der Waals surface area (Å²) < 4.78 is 2.10. The zero-order valence-corrected chi connectivity index (χ0v) is 20.4. The number of benzene rings is 2. The van der Waals surface area contributed by atoms with Crippen LogP contribution in [0.1, 0.15) is 11.1 Å². The maximum absolute atomic E-state index is 12.8. The third-order valence-electron chi connectivity index (χ3n) is 4.97. The molecular formula is C24H24N4OS3. The van der Waals surface area contributed by atoms with Crippen molar-refractivity contribution >= 4 is 40.8 Å². The van der Waals surface area contributed by atoms with Gasteiger partial charge in [-0.3, -0.25) is 9.36 Å². The van der Waals surface area contributed by atoms with E-state index in [0.717, 1.165) is 21.4 Å². The van der Waals surface area contributed by atoms with Crippen LogP contribution < -0.4 is 0 Å². The van der Waals surface area contributed by atoms with Gasteiger partial charge in [0.1, 0.15) is 0 Å². The number of aromatic nitrogens is 3. The Morgan fingerprint density at radius 2 is 1.78 bits per heavy atom. The summed E-state index contributed by atoms with van der Waals surface area (Å²) >= 11 is 4.79. The van der Waals surface area contributed by atoms with Crippen LogP contribution in [0.2, 0.25) is 0 Å². The van der Waals surface area contributed by atoms with E-state index < -0.39 is 0 Å². The molecule has 164 valence electrons. The van der Waals surface area contributed by atoms with E-state index in [1.165, 1.54) is 22.2 Å². The Labute approximate surface area is 200 Å². The van der Waals surface area contributed by atoms with Gasteiger partial charge in [0.05, 0.1) is 17.2 Å². The summed E-state index contributed by atoms with van der Waals surface area (Å²) in [5.74, 6) is 1.22. The average molecular weight is 481 g/mol. The minimum atomic E-state index is 0.0656. The lowest BCUT2D eigenvalue weighted by Crippen LogP contribution is -2.27. The first-order valence-electron chi connectivity index (χ1n) is 10.1.